The molecular weight excluding hydrogens is 450 g/mol. The van der Waals surface area contributed by atoms with Crippen LogP contribution in [-0.4, -0.2) is 14.4 Å². The Bertz CT molecular complexity index is 2000. The largest absolute Gasteiger partial charge is 0.296 e. The molecule has 37 heavy (non-hydrogen) atoms. The summed E-state index contributed by atoms with van der Waals surface area (Å²) >= 11 is 0. The fraction of sp³-hybridized carbons (Fsp3) is 0.235. The number of fused-ring (bicyclic) bond motifs is 12. The second-order valence-corrected chi connectivity index (χ2v) is 12.3. The van der Waals surface area contributed by atoms with E-state index in [1.54, 1.807) is 0 Å². The number of benzene rings is 3. The summed E-state index contributed by atoms with van der Waals surface area (Å²) in [4.78, 5) is 10.3. The number of nitrogens with zero attached hydrogens (tertiary/aromatic N) is 3. The summed E-state index contributed by atoms with van der Waals surface area (Å²) in [5.41, 5.74) is 15.7. The number of hydrogen-bond acceptors (Lipinski definition) is 2. The van der Waals surface area contributed by atoms with Crippen LogP contribution < -0.4 is 0 Å². The maximum atomic E-state index is 5.25. The highest BCUT2D eigenvalue weighted by atomic mass is 15.0. The van der Waals surface area contributed by atoms with E-state index >= 15 is 0 Å². The monoisotopic (exact) mass is 477 g/mol. The molecule has 0 N–H and O–H groups in total. The van der Waals surface area contributed by atoms with Crippen LogP contribution in [0.2, 0.25) is 0 Å². The topological polar surface area (TPSA) is 30.2 Å². The standard InChI is InChI=1S/C34H27N3/c1-18-15-26-21(13-14-29(35-26)33(2,3)4)32-36-27-16-22-23(17-28(27)37(18)32)31-20-10-6-8-12-25(20)34(31)24-11-7-5-9-19(24)30(22)34/h5-17,30-31H,1-4H3. The molecule has 3 aromatic heterocycles. The molecule has 0 aliphatic heterocycles. The Labute approximate surface area is 215 Å². The zero-order valence-electron chi connectivity index (χ0n) is 21.5. The number of aromatic nitrogens is 3. The van der Waals surface area contributed by atoms with Gasteiger partial charge in [-0.3, -0.25) is 9.38 Å². The average molecular weight is 478 g/mol. The lowest BCUT2D eigenvalue weighted by atomic mass is 9.43. The molecule has 0 radical (unpaired) electrons. The van der Waals surface area contributed by atoms with Gasteiger partial charge in [0.1, 0.15) is 5.65 Å². The molecule has 0 bridgehead atoms. The minimum atomic E-state index is 0.0137. The summed E-state index contributed by atoms with van der Waals surface area (Å²) in [6, 6.07) is 29.7. The molecule has 3 heteroatoms. The van der Waals surface area contributed by atoms with E-state index in [1.165, 1.54) is 44.6 Å². The quantitative estimate of drug-likeness (QED) is 0.226. The predicted molar refractivity (Wildman–Crippen MR) is 149 cm³/mol. The van der Waals surface area contributed by atoms with Crippen molar-refractivity contribution in [2.45, 2.75) is 50.4 Å². The van der Waals surface area contributed by atoms with Gasteiger partial charge in [0.15, 0.2) is 0 Å². The van der Waals surface area contributed by atoms with Gasteiger partial charge in [0.05, 0.1) is 16.6 Å². The number of imidazole rings is 1. The van der Waals surface area contributed by atoms with Crippen LogP contribution in [0.25, 0.3) is 27.6 Å². The Kier molecular flexibility index (Phi) is 3.32. The molecule has 3 unspecified atom stereocenters. The van der Waals surface area contributed by atoms with Crippen molar-refractivity contribution in [2.24, 2.45) is 0 Å². The molecule has 3 nitrogen and oxygen atoms in total. The smallest absolute Gasteiger partial charge is 0.147 e. The van der Waals surface area contributed by atoms with Crippen molar-refractivity contribution >= 4 is 27.6 Å². The number of hydrogen-bond donors (Lipinski definition) is 0. The first kappa shape index (κ1) is 20.1. The molecule has 0 saturated heterocycles. The van der Waals surface area contributed by atoms with E-state index < -0.39 is 0 Å². The second kappa shape index (κ2) is 6.11. The molecule has 3 heterocycles. The lowest BCUT2D eigenvalue weighted by Gasteiger charge is -2.58. The highest BCUT2D eigenvalue weighted by Crippen LogP contribution is 2.77. The highest BCUT2D eigenvalue weighted by molar-refractivity contribution is 5.98. The van der Waals surface area contributed by atoms with Gasteiger partial charge in [-0.25, -0.2) is 4.98 Å². The van der Waals surface area contributed by atoms with Crippen LogP contribution in [0, 0.1) is 6.92 Å². The van der Waals surface area contributed by atoms with Crippen LogP contribution in [0.5, 0.6) is 0 Å². The third-order valence-electron chi connectivity index (χ3n) is 9.46. The van der Waals surface area contributed by atoms with Gasteiger partial charge in [0.2, 0.25) is 0 Å². The minimum Gasteiger partial charge on any atom is -0.296 e. The van der Waals surface area contributed by atoms with Crippen LogP contribution >= 0.6 is 0 Å². The van der Waals surface area contributed by atoms with E-state index in [0.717, 1.165) is 27.8 Å². The molecule has 3 aliphatic rings. The van der Waals surface area contributed by atoms with E-state index in [2.05, 4.69) is 111 Å². The number of rotatable bonds is 0. The average Bonchev–Trinajstić information content (AvgIpc) is 3.33. The van der Waals surface area contributed by atoms with E-state index in [1.807, 2.05) is 0 Å². The SMILES string of the molecule is Cc1cc2nc(C(C)(C)C)ccc2c2nc3cc4c(cc3n12)C1c2ccccc2C12c1ccccc1C42. The Hall–Kier alpha value is -3.98. The maximum Gasteiger partial charge on any atom is 0.147 e. The summed E-state index contributed by atoms with van der Waals surface area (Å²) in [6.07, 6.45) is 0. The fourth-order valence-corrected chi connectivity index (χ4v) is 7.99. The zero-order chi connectivity index (χ0) is 24.8. The normalized spacial score (nSPS) is 22.7. The van der Waals surface area contributed by atoms with Gasteiger partial charge >= 0.3 is 0 Å². The summed E-state index contributed by atoms with van der Waals surface area (Å²) in [5.74, 6) is 0.840. The molecule has 0 saturated carbocycles. The highest BCUT2D eigenvalue weighted by Gasteiger charge is 2.69. The third-order valence-corrected chi connectivity index (χ3v) is 9.46. The van der Waals surface area contributed by atoms with Crippen molar-refractivity contribution in [3.63, 3.8) is 0 Å². The Morgan fingerprint density at radius 1 is 0.703 bits per heavy atom. The Morgan fingerprint density at radius 2 is 1.35 bits per heavy atom. The van der Waals surface area contributed by atoms with Crippen LogP contribution in [0.4, 0.5) is 0 Å². The lowest BCUT2D eigenvalue weighted by Crippen LogP contribution is -2.52. The Balaban J connectivity index is 1.34. The molecule has 3 atom stereocenters. The van der Waals surface area contributed by atoms with Crippen molar-refractivity contribution in [3.05, 3.63) is 124 Å². The van der Waals surface area contributed by atoms with Crippen LogP contribution in [-0.2, 0) is 10.8 Å². The van der Waals surface area contributed by atoms with Gasteiger partial charge in [-0.1, -0.05) is 69.3 Å². The second-order valence-electron chi connectivity index (χ2n) is 12.3. The van der Waals surface area contributed by atoms with Crippen LogP contribution in [0.15, 0.2) is 78.9 Å². The molecule has 178 valence electrons. The molecule has 9 rings (SSSR count). The predicted octanol–water partition coefficient (Wildman–Crippen LogP) is 7.53. The molecular formula is C34H27N3. The molecule has 0 fully saturated rings. The van der Waals surface area contributed by atoms with Gasteiger partial charge in [0.25, 0.3) is 0 Å². The van der Waals surface area contributed by atoms with Crippen molar-refractivity contribution in [1.29, 1.82) is 0 Å². The molecule has 6 aromatic rings. The minimum absolute atomic E-state index is 0.0137. The first-order valence-corrected chi connectivity index (χ1v) is 13.3. The summed E-state index contributed by atoms with van der Waals surface area (Å²) in [7, 11) is 0. The first-order valence-electron chi connectivity index (χ1n) is 13.3. The van der Waals surface area contributed by atoms with Gasteiger partial charge in [0, 0.05) is 39.4 Å². The van der Waals surface area contributed by atoms with Crippen molar-refractivity contribution in [2.75, 3.05) is 0 Å². The molecule has 3 aromatic carbocycles. The van der Waals surface area contributed by atoms with E-state index in [0.29, 0.717) is 11.8 Å². The number of pyridine rings is 2. The van der Waals surface area contributed by atoms with Crippen molar-refractivity contribution < 1.29 is 0 Å². The maximum absolute atomic E-state index is 5.25. The molecule has 1 spiro atoms. The molecule has 3 aliphatic carbocycles. The van der Waals surface area contributed by atoms with Crippen molar-refractivity contribution in [3.8, 4) is 0 Å². The van der Waals surface area contributed by atoms with Crippen molar-refractivity contribution in [1.82, 2.24) is 14.4 Å². The summed E-state index contributed by atoms with van der Waals surface area (Å²) < 4.78 is 2.35. The lowest BCUT2D eigenvalue weighted by molar-refractivity contribution is 0.333. The van der Waals surface area contributed by atoms with Gasteiger partial charge < -0.3 is 0 Å². The first-order chi connectivity index (χ1) is 17.9. The van der Waals surface area contributed by atoms with Crippen LogP contribution in [0.1, 0.15) is 77.4 Å². The van der Waals surface area contributed by atoms with Gasteiger partial charge in [-0.15, -0.1) is 0 Å². The van der Waals surface area contributed by atoms with E-state index in [9.17, 15) is 0 Å². The van der Waals surface area contributed by atoms with E-state index in [4.69, 9.17) is 9.97 Å². The zero-order valence-corrected chi connectivity index (χ0v) is 21.5. The number of aryl methyl sites for hydroxylation is 1. The van der Waals surface area contributed by atoms with Gasteiger partial charge in [-0.05, 0) is 70.6 Å². The summed E-state index contributed by atoms with van der Waals surface area (Å²) in [6.45, 7) is 8.84. The Morgan fingerprint density at radius 3 is 2.03 bits per heavy atom. The molecule has 0 amide bonds. The third kappa shape index (κ3) is 2.11. The van der Waals surface area contributed by atoms with Crippen LogP contribution in [0.3, 0.4) is 0 Å². The summed E-state index contributed by atoms with van der Waals surface area (Å²) in [5, 5.41) is 1.12. The fourth-order valence-electron chi connectivity index (χ4n) is 7.99. The van der Waals surface area contributed by atoms with Gasteiger partial charge in [-0.2, -0.15) is 0 Å². The van der Waals surface area contributed by atoms with E-state index in [-0.39, 0.29) is 10.8 Å².